The van der Waals surface area contributed by atoms with Gasteiger partial charge in [-0.05, 0) is 53.3 Å². The van der Waals surface area contributed by atoms with Crippen molar-refractivity contribution in [2.24, 2.45) is 52.3 Å². The summed E-state index contributed by atoms with van der Waals surface area (Å²) in [5.74, 6) is 6.64. The van der Waals surface area contributed by atoms with Crippen LogP contribution in [-0.2, 0) is 4.79 Å². The van der Waals surface area contributed by atoms with Crippen LogP contribution in [0.5, 0.6) is 0 Å². The maximum absolute atomic E-state index is 12.0. The van der Waals surface area contributed by atoms with Crippen LogP contribution in [0.1, 0.15) is 20.3 Å². The lowest BCUT2D eigenvalue weighted by molar-refractivity contribution is -0.643. The molecular weight excluding hydrogens is 198 g/mol. The minimum absolute atomic E-state index is 0.188. The van der Waals surface area contributed by atoms with Gasteiger partial charge in [-0.15, -0.1) is 0 Å². The van der Waals surface area contributed by atoms with E-state index < -0.39 is 0 Å². The van der Waals surface area contributed by atoms with Crippen LogP contribution in [0.15, 0.2) is 0 Å². The summed E-state index contributed by atoms with van der Waals surface area (Å²) >= 11 is 0. The van der Waals surface area contributed by atoms with Crippen molar-refractivity contribution in [2.45, 2.75) is 20.3 Å². The van der Waals surface area contributed by atoms with Gasteiger partial charge in [0.2, 0.25) is 5.91 Å². The van der Waals surface area contributed by atoms with Crippen LogP contribution >= 0.6 is 0 Å². The van der Waals surface area contributed by atoms with E-state index in [9.17, 15) is 4.79 Å². The third kappa shape index (κ3) is 0.399. The number of carbonyl (C=O) groups excluding carboxylic acids is 1. The molecule has 0 unspecified atom stereocenters. The Balaban J connectivity index is 1.48. The minimum atomic E-state index is 0.188. The highest BCUT2D eigenvalue weighted by Gasteiger charge is 3.10. The summed E-state index contributed by atoms with van der Waals surface area (Å²) in [7, 11) is 1.81. The Bertz CT molecular complexity index is 384. The Labute approximate surface area is 96.2 Å². The molecule has 0 bridgehead atoms. The van der Waals surface area contributed by atoms with Gasteiger partial charge in [0.05, 0.1) is 5.41 Å². The number of carbonyl (C=O) groups is 1. The van der Waals surface area contributed by atoms with Crippen LogP contribution < -0.4 is 5.32 Å². The van der Waals surface area contributed by atoms with Gasteiger partial charge in [-0.1, -0.05) is 13.8 Å². The topological polar surface area (TPSA) is 29.1 Å². The molecule has 86 valence electrons. The number of hydrogen-bond acceptors (Lipinski definition) is 1. The van der Waals surface area contributed by atoms with E-state index in [-0.39, 0.29) is 5.41 Å². The minimum Gasteiger partial charge on any atom is -0.359 e. The molecule has 6 aliphatic carbocycles. The van der Waals surface area contributed by atoms with Crippen molar-refractivity contribution in [3.05, 3.63) is 0 Å². The van der Waals surface area contributed by atoms with Gasteiger partial charge in [-0.2, -0.15) is 0 Å². The summed E-state index contributed by atoms with van der Waals surface area (Å²) < 4.78 is 0. The molecule has 0 aromatic carbocycles. The average molecular weight is 217 g/mol. The van der Waals surface area contributed by atoms with Crippen LogP contribution in [0.3, 0.4) is 0 Å². The Kier molecular flexibility index (Phi) is 0.999. The van der Waals surface area contributed by atoms with Gasteiger partial charge in [0, 0.05) is 7.05 Å². The summed E-state index contributed by atoms with van der Waals surface area (Å²) in [4.78, 5) is 12.0. The molecule has 0 aromatic rings. The van der Waals surface area contributed by atoms with E-state index in [0.717, 1.165) is 46.8 Å². The fraction of sp³-hybridized carbons (Fsp3) is 0.929. The first-order valence-electron chi connectivity index (χ1n) is 6.85. The highest BCUT2D eigenvalue weighted by Crippen LogP contribution is 3.10. The highest BCUT2D eigenvalue weighted by molar-refractivity contribution is 5.92. The second kappa shape index (κ2) is 1.87. The summed E-state index contributed by atoms with van der Waals surface area (Å²) in [6.07, 6.45) is 1.44. The molecule has 2 heteroatoms. The Hall–Kier alpha value is -0.530. The first-order chi connectivity index (χ1) is 7.63. The van der Waals surface area contributed by atoms with E-state index in [1.165, 1.54) is 6.42 Å². The van der Waals surface area contributed by atoms with E-state index in [0.29, 0.717) is 5.91 Å². The molecule has 0 aromatic heterocycles. The third-order valence-corrected chi connectivity index (χ3v) is 7.22. The quantitative estimate of drug-likeness (QED) is 0.763. The second-order valence-electron chi connectivity index (χ2n) is 7.38. The lowest BCUT2D eigenvalue weighted by atomic mass is 8.92. The fourth-order valence-electron chi connectivity index (χ4n) is 7.54. The van der Waals surface area contributed by atoms with Gasteiger partial charge < -0.3 is 5.32 Å². The molecule has 1 N–H and O–H groups in total. The monoisotopic (exact) mass is 217 g/mol. The molecule has 0 saturated heterocycles. The molecule has 1 amide bonds. The van der Waals surface area contributed by atoms with Crippen molar-refractivity contribution in [2.75, 3.05) is 7.05 Å². The van der Waals surface area contributed by atoms with Gasteiger partial charge in [0.15, 0.2) is 0 Å². The summed E-state index contributed by atoms with van der Waals surface area (Å²) in [6.45, 7) is 4.71. The van der Waals surface area contributed by atoms with Crippen molar-refractivity contribution >= 4 is 5.91 Å². The van der Waals surface area contributed by atoms with Gasteiger partial charge in [0.1, 0.15) is 0 Å². The number of amides is 1. The maximum Gasteiger partial charge on any atom is 0.226 e. The van der Waals surface area contributed by atoms with E-state index in [4.69, 9.17) is 0 Å². The SMILES string of the molecule is CNC(=O)C12C3C4C1C1C2C3C41CC(C)C. The van der Waals surface area contributed by atoms with Gasteiger partial charge in [-0.25, -0.2) is 0 Å². The number of nitrogens with one attached hydrogen (secondary N) is 1. The molecule has 0 aliphatic heterocycles. The summed E-state index contributed by atoms with van der Waals surface area (Å²) in [5.41, 5.74) is 0.956. The first-order valence-corrected chi connectivity index (χ1v) is 6.85. The molecular formula is C14H19NO. The Morgan fingerprint density at radius 3 is 2.00 bits per heavy atom. The van der Waals surface area contributed by atoms with Crippen molar-refractivity contribution in [1.29, 1.82) is 0 Å². The van der Waals surface area contributed by atoms with Crippen LogP contribution in [0, 0.1) is 52.3 Å². The van der Waals surface area contributed by atoms with E-state index in [2.05, 4.69) is 19.2 Å². The van der Waals surface area contributed by atoms with Gasteiger partial charge in [0.25, 0.3) is 0 Å². The maximum atomic E-state index is 12.0. The zero-order chi connectivity index (χ0) is 11.0. The predicted octanol–water partition coefficient (Wildman–Crippen LogP) is 1.52. The molecule has 0 heterocycles. The normalized spacial score (nSPS) is 69.2. The Morgan fingerprint density at radius 1 is 1.12 bits per heavy atom. The zero-order valence-corrected chi connectivity index (χ0v) is 10.2. The largest absolute Gasteiger partial charge is 0.359 e. The summed E-state index contributed by atoms with van der Waals surface area (Å²) in [6, 6.07) is 0. The van der Waals surface area contributed by atoms with Crippen molar-refractivity contribution < 1.29 is 4.79 Å². The predicted molar refractivity (Wildman–Crippen MR) is 59.3 cm³/mol. The second-order valence-corrected chi connectivity index (χ2v) is 7.38. The standard InChI is InChI=1S/C14H19NO/c1-5(2)4-13-6-9-7(13)11-8(13)10(6)14(9,11)12(16)15-3/h5-11H,4H2,1-3H3,(H,15,16). The van der Waals surface area contributed by atoms with Crippen molar-refractivity contribution in [3.63, 3.8) is 0 Å². The molecule has 6 fully saturated rings. The van der Waals surface area contributed by atoms with Crippen LogP contribution in [0.2, 0.25) is 0 Å². The van der Waals surface area contributed by atoms with Crippen LogP contribution in [-0.4, -0.2) is 13.0 Å². The van der Waals surface area contributed by atoms with E-state index >= 15 is 0 Å². The molecule has 16 heavy (non-hydrogen) atoms. The zero-order valence-electron chi connectivity index (χ0n) is 10.2. The van der Waals surface area contributed by atoms with Gasteiger partial charge in [-0.3, -0.25) is 4.79 Å². The highest BCUT2D eigenvalue weighted by atomic mass is 16.2. The van der Waals surface area contributed by atoms with Gasteiger partial charge >= 0.3 is 0 Å². The van der Waals surface area contributed by atoms with Crippen LogP contribution in [0.25, 0.3) is 0 Å². The summed E-state index contributed by atoms with van der Waals surface area (Å²) in [5, 5.41) is 2.92. The van der Waals surface area contributed by atoms with E-state index in [1.807, 2.05) is 7.05 Å². The van der Waals surface area contributed by atoms with Crippen molar-refractivity contribution in [1.82, 2.24) is 5.32 Å². The molecule has 2 nitrogen and oxygen atoms in total. The molecule has 0 spiro atoms. The van der Waals surface area contributed by atoms with Crippen LogP contribution in [0.4, 0.5) is 0 Å². The molecule has 6 rings (SSSR count). The van der Waals surface area contributed by atoms with E-state index in [1.54, 1.807) is 0 Å². The van der Waals surface area contributed by atoms with Crippen molar-refractivity contribution in [3.8, 4) is 0 Å². The molecule has 6 aliphatic rings. The molecule has 6 saturated carbocycles. The lowest BCUT2D eigenvalue weighted by Gasteiger charge is -3.11. The lowest BCUT2D eigenvalue weighted by Crippen LogP contribution is -3.11. The molecule has 0 atom stereocenters. The number of hydrogen-bond donors (Lipinski definition) is 1. The number of rotatable bonds is 3. The molecule has 0 radical (unpaired) electrons. The third-order valence-electron chi connectivity index (χ3n) is 7.22. The smallest absolute Gasteiger partial charge is 0.226 e. The fourth-order valence-corrected chi connectivity index (χ4v) is 7.54. The first kappa shape index (κ1) is 8.54. The average Bonchev–Trinajstić information content (AvgIpc) is 2.28. The Morgan fingerprint density at radius 2 is 1.62 bits per heavy atom.